The molecule has 4 heterocycles. The Morgan fingerprint density at radius 3 is 2.61 bits per heavy atom. The van der Waals surface area contributed by atoms with Gasteiger partial charge in [0.15, 0.2) is 5.76 Å². The second-order valence-electron chi connectivity index (χ2n) is 6.59. The molecule has 31 heavy (non-hydrogen) atoms. The van der Waals surface area contributed by atoms with Crippen LogP contribution in [0.4, 0.5) is 0 Å². The number of hydrogen-bond donors (Lipinski definition) is 0. The molecule has 0 saturated carbocycles. The van der Waals surface area contributed by atoms with E-state index in [2.05, 4.69) is 15.0 Å². The van der Waals surface area contributed by atoms with Gasteiger partial charge < -0.3 is 13.6 Å². The van der Waals surface area contributed by atoms with Crippen LogP contribution in [0.5, 0.6) is 0 Å². The number of hydrogen-bond acceptors (Lipinski definition) is 5. The van der Waals surface area contributed by atoms with Crippen molar-refractivity contribution in [1.82, 2.24) is 24.1 Å². The molecule has 0 unspecified atom stereocenters. The third-order valence-corrected chi connectivity index (χ3v) is 4.71. The molecule has 0 aliphatic rings. The van der Waals surface area contributed by atoms with Crippen molar-refractivity contribution in [3.8, 4) is 16.8 Å². The number of furan rings is 1. The number of rotatable bonds is 4. The van der Waals surface area contributed by atoms with Gasteiger partial charge in [0.05, 0.1) is 12.6 Å². The SMILES string of the molecule is Cn1ccnc1.O=C(c1cn(-c2cccc(-c3cccnc3Cl)c2)cn1)c1ccco1. The minimum absolute atomic E-state index is 0.254. The number of carbonyl (C=O) groups excluding carboxylic acids is 1. The maximum Gasteiger partial charge on any atom is 0.248 e. The number of carbonyl (C=O) groups is 1. The van der Waals surface area contributed by atoms with Gasteiger partial charge >= 0.3 is 0 Å². The summed E-state index contributed by atoms with van der Waals surface area (Å²) in [4.78, 5) is 24.4. The largest absolute Gasteiger partial charge is 0.461 e. The summed E-state index contributed by atoms with van der Waals surface area (Å²) in [6, 6.07) is 14.8. The average molecular weight is 432 g/mol. The summed E-state index contributed by atoms with van der Waals surface area (Å²) in [5, 5.41) is 0.443. The summed E-state index contributed by atoms with van der Waals surface area (Å²) in [6.45, 7) is 0. The molecular weight excluding hydrogens is 414 g/mol. The third-order valence-electron chi connectivity index (χ3n) is 4.41. The molecule has 0 aliphatic carbocycles. The van der Waals surface area contributed by atoms with Crippen molar-refractivity contribution >= 4 is 17.4 Å². The number of ketones is 1. The molecule has 154 valence electrons. The molecule has 0 amide bonds. The van der Waals surface area contributed by atoms with Crippen molar-refractivity contribution < 1.29 is 9.21 Å². The van der Waals surface area contributed by atoms with Gasteiger partial charge in [-0.2, -0.15) is 0 Å². The minimum Gasteiger partial charge on any atom is -0.461 e. The normalized spacial score (nSPS) is 10.4. The molecule has 4 aromatic heterocycles. The molecule has 0 fully saturated rings. The number of benzene rings is 1. The smallest absolute Gasteiger partial charge is 0.248 e. The minimum atomic E-state index is -0.254. The van der Waals surface area contributed by atoms with E-state index >= 15 is 0 Å². The van der Waals surface area contributed by atoms with Crippen LogP contribution in [0.25, 0.3) is 16.8 Å². The summed E-state index contributed by atoms with van der Waals surface area (Å²) in [5.74, 6) is 0.0105. The number of imidazole rings is 2. The highest BCUT2D eigenvalue weighted by Crippen LogP contribution is 2.27. The lowest BCUT2D eigenvalue weighted by atomic mass is 10.1. The van der Waals surface area contributed by atoms with Gasteiger partial charge in [-0.3, -0.25) is 4.79 Å². The van der Waals surface area contributed by atoms with Crippen molar-refractivity contribution in [2.45, 2.75) is 0 Å². The predicted octanol–water partition coefficient (Wildman–Crippen LogP) is 4.83. The first-order valence-electron chi connectivity index (χ1n) is 9.37. The Morgan fingerprint density at radius 2 is 1.94 bits per heavy atom. The van der Waals surface area contributed by atoms with Crippen molar-refractivity contribution in [1.29, 1.82) is 0 Å². The van der Waals surface area contributed by atoms with E-state index in [1.54, 1.807) is 47.9 Å². The quantitative estimate of drug-likeness (QED) is 0.301. The van der Waals surface area contributed by atoms with E-state index in [9.17, 15) is 4.79 Å². The van der Waals surface area contributed by atoms with Crippen LogP contribution in [0.2, 0.25) is 5.15 Å². The van der Waals surface area contributed by atoms with Crippen molar-refractivity contribution in [3.63, 3.8) is 0 Å². The van der Waals surface area contributed by atoms with Gasteiger partial charge in [-0.25, -0.2) is 15.0 Å². The molecule has 0 radical (unpaired) electrons. The second kappa shape index (κ2) is 9.23. The van der Waals surface area contributed by atoms with Gasteiger partial charge in [0, 0.05) is 43.1 Å². The highest BCUT2D eigenvalue weighted by atomic mass is 35.5. The van der Waals surface area contributed by atoms with Crippen molar-refractivity contribution in [2.75, 3.05) is 0 Å². The van der Waals surface area contributed by atoms with E-state index in [1.165, 1.54) is 6.26 Å². The van der Waals surface area contributed by atoms with E-state index in [1.807, 2.05) is 54.2 Å². The number of nitrogens with zero attached hydrogens (tertiary/aromatic N) is 5. The third kappa shape index (κ3) is 4.79. The van der Waals surface area contributed by atoms with Crippen molar-refractivity contribution in [2.24, 2.45) is 7.05 Å². The molecule has 1 aromatic carbocycles. The van der Waals surface area contributed by atoms with Crippen LogP contribution in [-0.2, 0) is 7.05 Å². The van der Waals surface area contributed by atoms with Crippen LogP contribution >= 0.6 is 11.6 Å². The zero-order valence-corrected chi connectivity index (χ0v) is 17.3. The zero-order chi connectivity index (χ0) is 21.6. The maximum atomic E-state index is 12.3. The van der Waals surface area contributed by atoms with Crippen molar-refractivity contribution in [3.05, 3.63) is 109 Å². The van der Waals surface area contributed by atoms with E-state index in [0.717, 1.165) is 16.8 Å². The molecule has 0 atom stereocenters. The molecule has 7 nitrogen and oxygen atoms in total. The Kier molecular flexibility index (Phi) is 6.05. The Labute approximate surface area is 183 Å². The van der Waals surface area contributed by atoms with Gasteiger partial charge in [0.25, 0.3) is 0 Å². The molecule has 0 bridgehead atoms. The molecule has 0 N–H and O–H groups in total. The number of aryl methyl sites for hydroxylation is 1. The Bertz CT molecular complexity index is 1280. The summed E-state index contributed by atoms with van der Waals surface area (Å²) < 4.78 is 8.80. The van der Waals surface area contributed by atoms with Crippen LogP contribution in [0.15, 0.2) is 96.7 Å². The van der Waals surface area contributed by atoms with Gasteiger partial charge in [0.1, 0.15) is 17.2 Å². The molecular formula is C23H18ClN5O2. The number of aromatic nitrogens is 5. The number of pyridine rings is 1. The average Bonchev–Trinajstić information content (AvgIpc) is 3.57. The van der Waals surface area contributed by atoms with Gasteiger partial charge in [-0.1, -0.05) is 23.7 Å². The first-order chi connectivity index (χ1) is 15.1. The lowest BCUT2D eigenvalue weighted by Gasteiger charge is -2.07. The van der Waals surface area contributed by atoms with Gasteiger partial charge in [0.2, 0.25) is 5.78 Å². The van der Waals surface area contributed by atoms with Crippen LogP contribution in [0, 0.1) is 0 Å². The van der Waals surface area contributed by atoms with E-state index in [4.69, 9.17) is 16.0 Å². The highest BCUT2D eigenvalue weighted by Gasteiger charge is 2.15. The standard InChI is InChI=1S/C19H12ClN3O2.C4H6N2/c20-19-15(6-2-8-21-19)13-4-1-5-14(10-13)23-11-16(22-12-23)18(24)17-7-3-9-25-17;1-6-3-2-5-4-6/h1-12H;2-4H,1H3. The summed E-state index contributed by atoms with van der Waals surface area (Å²) >= 11 is 6.17. The fourth-order valence-corrected chi connectivity index (χ4v) is 3.10. The van der Waals surface area contributed by atoms with Crippen LogP contribution in [0.1, 0.15) is 16.2 Å². The van der Waals surface area contributed by atoms with Crippen LogP contribution in [0.3, 0.4) is 0 Å². The summed E-state index contributed by atoms with van der Waals surface area (Å²) in [7, 11) is 1.94. The summed E-state index contributed by atoms with van der Waals surface area (Å²) in [5.41, 5.74) is 2.96. The van der Waals surface area contributed by atoms with E-state index < -0.39 is 0 Å². The highest BCUT2D eigenvalue weighted by molar-refractivity contribution is 6.32. The zero-order valence-electron chi connectivity index (χ0n) is 16.6. The summed E-state index contributed by atoms with van der Waals surface area (Å²) in [6.07, 6.45) is 11.8. The fourth-order valence-electron chi connectivity index (χ4n) is 2.88. The topological polar surface area (TPSA) is 78.7 Å². The van der Waals surface area contributed by atoms with Crippen LogP contribution < -0.4 is 0 Å². The lowest BCUT2D eigenvalue weighted by molar-refractivity contribution is 0.100. The molecule has 0 aliphatic heterocycles. The lowest BCUT2D eigenvalue weighted by Crippen LogP contribution is -1.99. The monoisotopic (exact) mass is 431 g/mol. The van der Waals surface area contributed by atoms with E-state index in [0.29, 0.717) is 10.8 Å². The number of halogens is 1. The second-order valence-corrected chi connectivity index (χ2v) is 6.95. The Balaban J connectivity index is 0.000000334. The first kappa shape index (κ1) is 20.3. The molecule has 5 rings (SSSR count). The predicted molar refractivity (Wildman–Crippen MR) is 117 cm³/mol. The van der Waals surface area contributed by atoms with Gasteiger partial charge in [-0.05, 0) is 42.0 Å². The molecule has 5 aromatic rings. The van der Waals surface area contributed by atoms with Crippen LogP contribution in [-0.4, -0.2) is 29.9 Å². The molecule has 8 heteroatoms. The Hall–Kier alpha value is -3.97. The van der Waals surface area contributed by atoms with E-state index in [-0.39, 0.29) is 11.5 Å². The van der Waals surface area contributed by atoms with Gasteiger partial charge in [-0.15, -0.1) is 0 Å². The Morgan fingerprint density at radius 1 is 1.03 bits per heavy atom. The first-order valence-corrected chi connectivity index (χ1v) is 9.75. The molecule has 0 spiro atoms. The molecule has 0 saturated heterocycles. The fraction of sp³-hybridized carbons (Fsp3) is 0.0435. The maximum absolute atomic E-state index is 12.3.